The number of nitrogens with two attached hydrogens (primary N) is 1. The molecule has 0 aliphatic rings. The van der Waals surface area contributed by atoms with Gasteiger partial charge in [-0.2, -0.15) is 0 Å². The molecule has 2 nitrogen and oxygen atoms in total. The summed E-state index contributed by atoms with van der Waals surface area (Å²) in [7, 11) is 0. The van der Waals surface area contributed by atoms with Crippen LogP contribution < -0.4 is 10.9 Å². The molecule has 2 aromatic carbocycles. The molecule has 5 heteroatoms. The van der Waals surface area contributed by atoms with Gasteiger partial charge in [0.1, 0.15) is 5.82 Å². The van der Waals surface area contributed by atoms with Gasteiger partial charge in [0.05, 0.1) is 12.2 Å². The van der Waals surface area contributed by atoms with Gasteiger partial charge in [0.15, 0.2) is 0 Å². The van der Waals surface area contributed by atoms with Crippen LogP contribution >= 0.6 is 24.0 Å². The minimum atomic E-state index is -0.297. The van der Waals surface area contributed by atoms with E-state index < -0.39 is 0 Å². The van der Waals surface area contributed by atoms with E-state index in [0.29, 0.717) is 17.3 Å². The number of benzene rings is 2. The van der Waals surface area contributed by atoms with Crippen LogP contribution in [0, 0.1) is 5.82 Å². The Morgan fingerprint density at radius 3 is 2.39 bits per heavy atom. The molecule has 0 aliphatic carbocycles. The van der Waals surface area contributed by atoms with Crippen LogP contribution in [0.4, 0.5) is 10.1 Å². The van der Waals surface area contributed by atoms with Crippen molar-refractivity contribution in [3.8, 4) is 0 Å². The minimum absolute atomic E-state index is 0. The fourth-order valence-electron chi connectivity index (χ4n) is 1.53. The van der Waals surface area contributed by atoms with Crippen LogP contribution in [0.15, 0.2) is 48.5 Å². The van der Waals surface area contributed by atoms with Crippen molar-refractivity contribution >= 4 is 29.7 Å². The lowest BCUT2D eigenvalue weighted by molar-refractivity contribution is 0.626. The predicted octanol–water partition coefficient (Wildman–Crippen LogP) is 3.78. The molecule has 2 rings (SSSR count). The molecule has 2 N–H and O–H groups in total. The maximum Gasteiger partial charge on any atom is 0.125 e. The van der Waals surface area contributed by atoms with Crippen LogP contribution in [-0.2, 0) is 6.54 Å². The third-order valence-corrected chi connectivity index (χ3v) is 2.66. The van der Waals surface area contributed by atoms with E-state index in [1.807, 2.05) is 12.1 Å². The molecular formula is C13H13Cl2FN2. The predicted molar refractivity (Wildman–Crippen MR) is 75.5 cm³/mol. The summed E-state index contributed by atoms with van der Waals surface area (Å²) >= 11 is 5.79. The SMILES string of the molecule is Cl.NN(Cc1ccc(Cl)cc1)c1cccc(F)c1. The van der Waals surface area contributed by atoms with Crippen LogP contribution in [0.2, 0.25) is 5.02 Å². The van der Waals surface area contributed by atoms with Crippen molar-refractivity contribution in [3.05, 3.63) is 64.9 Å². The first-order valence-electron chi connectivity index (χ1n) is 5.17. The second kappa shape index (κ2) is 6.59. The molecule has 0 amide bonds. The molecule has 0 aliphatic heterocycles. The number of hydrazine groups is 1. The third kappa shape index (κ3) is 3.88. The highest BCUT2D eigenvalue weighted by molar-refractivity contribution is 6.30. The topological polar surface area (TPSA) is 29.3 Å². The molecule has 0 saturated carbocycles. The summed E-state index contributed by atoms with van der Waals surface area (Å²) in [6, 6.07) is 13.6. The average molecular weight is 287 g/mol. The fourth-order valence-corrected chi connectivity index (χ4v) is 1.66. The molecule has 0 spiro atoms. The Hall–Kier alpha value is -1.29. The smallest absolute Gasteiger partial charge is 0.125 e. The van der Waals surface area contributed by atoms with Crippen molar-refractivity contribution in [1.82, 2.24) is 0 Å². The first-order valence-corrected chi connectivity index (χ1v) is 5.55. The van der Waals surface area contributed by atoms with E-state index >= 15 is 0 Å². The summed E-state index contributed by atoms with van der Waals surface area (Å²) in [5.41, 5.74) is 1.65. The second-order valence-corrected chi connectivity index (χ2v) is 4.17. The molecule has 0 aromatic heterocycles. The molecule has 0 unspecified atom stereocenters. The summed E-state index contributed by atoms with van der Waals surface area (Å²) < 4.78 is 13.0. The molecule has 0 fully saturated rings. The van der Waals surface area contributed by atoms with Gasteiger partial charge in [-0.3, -0.25) is 0 Å². The van der Waals surface area contributed by atoms with E-state index in [0.717, 1.165) is 5.56 Å². The van der Waals surface area contributed by atoms with Gasteiger partial charge in [-0.1, -0.05) is 29.8 Å². The Kier molecular flexibility index (Phi) is 5.41. The van der Waals surface area contributed by atoms with Gasteiger partial charge in [0.25, 0.3) is 0 Å². The second-order valence-electron chi connectivity index (χ2n) is 3.73. The van der Waals surface area contributed by atoms with Gasteiger partial charge in [-0.05, 0) is 35.9 Å². The monoisotopic (exact) mass is 286 g/mol. The highest BCUT2D eigenvalue weighted by atomic mass is 35.5. The summed E-state index contributed by atoms with van der Waals surface area (Å²) in [4.78, 5) is 0. The van der Waals surface area contributed by atoms with Gasteiger partial charge in [-0.15, -0.1) is 12.4 Å². The Labute approximate surface area is 117 Å². The minimum Gasteiger partial charge on any atom is -0.307 e. The normalized spacial score (nSPS) is 9.72. The average Bonchev–Trinajstić information content (AvgIpc) is 2.32. The van der Waals surface area contributed by atoms with Gasteiger partial charge < -0.3 is 5.01 Å². The highest BCUT2D eigenvalue weighted by Crippen LogP contribution is 2.16. The number of anilines is 1. The van der Waals surface area contributed by atoms with Crippen LogP contribution in [-0.4, -0.2) is 0 Å². The van der Waals surface area contributed by atoms with E-state index in [1.165, 1.54) is 17.1 Å². The van der Waals surface area contributed by atoms with Crippen LogP contribution in [0.25, 0.3) is 0 Å². The molecule has 0 bridgehead atoms. The molecule has 0 saturated heterocycles. The lowest BCUT2D eigenvalue weighted by Gasteiger charge is -2.18. The van der Waals surface area contributed by atoms with Crippen LogP contribution in [0.3, 0.4) is 0 Å². The first kappa shape index (κ1) is 14.8. The summed E-state index contributed by atoms with van der Waals surface area (Å²) in [6.07, 6.45) is 0. The Morgan fingerprint density at radius 1 is 1.11 bits per heavy atom. The molecule has 18 heavy (non-hydrogen) atoms. The lowest BCUT2D eigenvalue weighted by Crippen LogP contribution is -2.30. The standard InChI is InChI=1S/C13H12ClFN2.ClH/c14-11-6-4-10(5-7-11)9-17(16)13-3-1-2-12(15)8-13;/h1-8H,9,16H2;1H. The zero-order valence-electron chi connectivity index (χ0n) is 9.51. The van der Waals surface area contributed by atoms with E-state index in [1.54, 1.807) is 24.3 Å². The summed E-state index contributed by atoms with van der Waals surface area (Å²) in [5, 5.41) is 2.18. The van der Waals surface area contributed by atoms with Crippen molar-refractivity contribution in [1.29, 1.82) is 0 Å². The Bertz CT molecular complexity index is 503. The van der Waals surface area contributed by atoms with Crippen LogP contribution in [0.5, 0.6) is 0 Å². The van der Waals surface area contributed by atoms with Gasteiger partial charge >= 0.3 is 0 Å². The number of hydrogen-bond acceptors (Lipinski definition) is 2. The summed E-state index contributed by atoms with van der Waals surface area (Å²) in [6.45, 7) is 0.501. The summed E-state index contributed by atoms with van der Waals surface area (Å²) in [5.74, 6) is 5.57. The van der Waals surface area contributed by atoms with Gasteiger partial charge in [0, 0.05) is 5.02 Å². The van der Waals surface area contributed by atoms with Gasteiger partial charge in [0.2, 0.25) is 0 Å². The molecule has 2 aromatic rings. The first-order chi connectivity index (χ1) is 8.15. The number of rotatable bonds is 3. The third-order valence-electron chi connectivity index (χ3n) is 2.41. The molecule has 96 valence electrons. The van der Waals surface area contributed by atoms with Crippen molar-refractivity contribution in [2.24, 2.45) is 5.84 Å². The van der Waals surface area contributed by atoms with Gasteiger partial charge in [-0.25, -0.2) is 10.2 Å². The van der Waals surface area contributed by atoms with Crippen molar-refractivity contribution < 1.29 is 4.39 Å². The van der Waals surface area contributed by atoms with Crippen molar-refractivity contribution in [2.45, 2.75) is 6.54 Å². The van der Waals surface area contributed by atoms with E-state index in [2.05, 4.69) is 0 Å². The van der Waals surface area contributed by atoms with E-state index in [4.69, 9.17) is 17.4 Å². The zero-order chi connectivity index (χ0) is 12.3. The van der Waals surface area contributed by atoms with E-state index in [-0.39, 0.29) is 18.2 Å². The highest BCUT2D eigenvalue weighted by Gasteiger charge is 2.03. The number of nitrogens with zero attached hydrogens (tertiary/aromatic N) is 1. The van der Waals surface area contributed by atoms with E-state index in [9.17, 15) is 4.39 Å². The maximum absolute atomic E-state index is 13.0. The molecule has 0 heterocycles. The zero-order valence-corrected chi connectivity index (χ0v) is 11.1. The van der Waals surface area contributed by atoms with Crippen molar-refractivity contribution in [3.63, 3.8) is 0 Å². The Morgan fingerprint density at radius 2 is 1.78 bits per heavy atom. The quantitative estimate of drug-likeness (QED) is 0.687. The largest absolute Gasteiger partial charge is 0.307 e. The molecule has 0 atom stereocenters. The van der Waals surface area contributed by atoms with Crippen LogP contribution in [0.1, 0.15) is 5.56 Å². The number of hydrogen-bond donors (Lipinski definition) is 1. The molecule has 0 radical (unpaired) electrons. The van der Waals surface area contributed by atoms with Crippen molar-refractivity contribution in [2.75, 3.05) is 5.01 Å². The number of halogens is 3. The Balaban J connectivity index is 0.00000162. The molecular weight excluding hydrogens is 274 g/mol. The lowest BCUT2D eigenvalue weighted by atomic mass is 10.2. The fraction of sp³-hybridized carbons (Fsp3) is 0.0769. The maximum atomic E-state index is 13.0.